The van der Waals surface area contributed by atoms with Crippen molar-refractivity contribution in [2.24, 2.45) is 10.2 Å². The zero-order valence-corrected chi connectivity index (χ0v) is 15.6. The van der Waals surface area contributed by atoms with Crippen molar-refractivity contribution in [2.75, 3.05) is 0 Å². The largest absolute Gasteiger partial charge is 0.148 e. The number of benzene rings is 2. The maximum absolute atomic E-state index is 4.69. The summed E-state index contributed by atoms with van der Waals surface area (Å²) < 4.78 is 0. The van der Waals surface area contributed by atoms with Crippen molar-refractivity contribution in [2.45, 2.75) is 0 Å². The van der Waals surface area contributed by atoms with E-state index in [-0.39, 0.29) is 0 Å². The quantitative estimate of drug-likeness (QED) is 0.299. The highest BCUT2D eigenvalue weighted by molar-refractivity contribution is 7.12. The maximum Gasteiger partial charge on any atom is 0.110 e. The minimum atomic E-state index is 0.894. The lowest BCUT2D eigenvalue weighted by Gasteiger charge is -2.05. The molecule has 0 unspecified atom stereocenters. The summed E-state index contributed by atoms with van der Waals surface area (Å²) in [6.45, 7) is 0. The van der Waals surface area contributed by atoms with Crippen LogP contribution in [-0.4, -0.2) is 11.4 Å². The lowest BCUT2D eigenvalue weighted by molar-refractivity contribution is 1.23. The van der Waals surface area contributed by atoms with Gasteiger partial charge in [-0.05, 0) is 22.9 Å². The lowest BCUT2D eigenvalue weighted by Crippen LogP contribution is -2.03. The molecule has 126 valence electrons. The Bertz CT molecular complexity index is 915. The fourth-order valence-electron chi connectivity index (χ4n) is 2.62. The smallest absolute Gasteiger partial charge is 0.110 e. The van der Waals surface area contributed by atoms with Gasteiger partial charge in [-0.2, -0.15) is 0 Å². The van der Waals surface area contributed by atoms with E-state index < -0.39 is 0 Å². The number of thiophene rings is 2. The molecule has 4 heteroatoms. The second-order valence-corrected chi connectivity index (χ2v) is 7.48. The molecule has 0 N–H and O–H groups in total. The van der Waals surface area contributed by atoms with Crippen LogP contribution in [0.25, 0.3) is 0 Å². The van der Waals surface area contributed by atoms with E-state index in [2.05, 4.69) is 47.2 Å². The third kappa shape index (κ3) is 3.72. The summed E-state index contributed by atoms with van der Waals surface area (Å²) >= 11 is 3.35. The predicted octanol–water partition coefficient (Wildman–Crippen LogP) is 6.10. The average Bonchev–Trinajstić information content (AvgIpc) is 3.41. The van der Waals surface area contributed by atoms with Crippen LogP contribution < -0.4 is 0 Å². The van der Waals surface area contributed by atoms with Crippen molar-refractivity contribution >= 4 is 34.1 Å². The first-order valence-corrected chi connectivity index (χ1v) is 10.0. The molecule has 0 saturated carbocycles. The van der Waals surface area contributed by atoms with Gasteiger partial charge in [0.15, 0.2) is 0 Å². The molecule has 0 saturated heterocycles. The maximum atomic E-state index is 4.69. The Morgan fingerprint density at radius 1 is 0.500 bits per heavy atom. The highest BCUT2D eigenvalue weighted by Gasteiger charge is 2.11. The lowest BCUT2D eigenvalue weighted by atomic mass is 10.1. The van der Waals surface area contributed by atoms with Crippen LogP contribution in [0, 0.1) is 0 Å². The number of hydrogen-bond donors (Lipinski definition) is 0. The van der Waals surface area contributed by atoms with Crippen LogP contribution in [-0.2, 0) is 0 Å². The molecule has 0 radical (unpaired) electrons. The molecule has 0 aliphatic rings. The van der Waals surface area contributed by atoms with Crippen LogP contribution >= 0.6 is 22.7 Å². The SMILES string of the molecule is c1ccc(/C(=N\N=C(/c2ccccc2)c2cccs2)c2cccs2)cc1. The van der Waals surface area contributed by atoms with Crippen molar-refractivity contribution in [3.63, 3.8) is 0 Å². The summed E-state index contributed by atoms with van der Waals surface area (Å²) in [5, 5.41) is 13.5. The van der Waals surface area contributed by atoms with E-state index in [1.54, 1.807) is 22.7 Å². The molecule has 4 rings (SSSR count). The second kappa shape index (κ2) is 8.04. The molecule has 26 heavy (non-hydrogen) atoms. The molecule has 2 nitrogen and oxygen atoms in total. The summed E-state index contributed by atoms with van der Waals surface area (Å²) in [6.07, 6.45) is 0. The highest BCUT2D eigenvalue weighted by atomic mass is 32.1. The molecule has 4 aromatic rings. The van der Waals surface area contributed by atoms with Crippen molar-refractivity contribution in [1.29, 1.82) is 0 Å². The van der Waals surface area contributed by atoms with Gasteiger partial charge < -0.3 is 0 Å². The summed E-state index contributed by atoms with van der Waals surface area (Å²) in [6, 6.07) is 28.7. The molecule has 2 aromatic carbocycles. The Balaban J connectivity index is 1.84. The molecule has 0 spiro atoms. The van der Waals surface area contributed by atoms with Crippen molar-refractivity contribution in [1.82, 2.24) is 0 Å². The van der Waals surface area contributed by atoms with Gasteiger partial charge in [0, 0.05) is 11.1 Å². The molecule has 2 heterocycles. The van der Waals surface area contributed by atoms with Crippen molar-refractivity contribution < 1.29 is 0 Å². The molecule has 0 fully saturated rings. The number of hydrogen-bond acceptors (Lipinski definition) is 4. The summed E-state index contributed by atoms with van der Waals surface area (Å²) in [5.41, 5.74) is 3.92. The van der Waals surface area contributed by atoms with Gasteiger partial charge in [0.1, 0.15) is 11.4 Å². The average molecular weight is 373 g/mol. The zero-order valence-electron chi connectivity index (χ0n) is 13.9. The minimum Gasteiger partial charge on any atom is -0.148 e. The number of rotatable bonds is 5. The van der Waals surface area contributed by atoms with E-state index in [0.717, 1.165) is 32.3 Å². The first-order valence-electron chi connectivity index (χ1n) is 8.26. The van der Waals surface area contributed by atoms with Gasteiger partial charge in [0.05, 0.1) is 9.75 Å². The highest BCUT2D eigenvalue weighted by Crippen LogP contribution is 2.19. The Kier molecular flexibility index (Phi) is 5.14. The van der Waals surface area contributed by atoms with Crippen LogP contribution in [0.4, 0.5) is 0 Å². The molecule has 0 atom stereocenters. The van der Waals surface area contributed by atoms with Gasteiger partial charge in [-0.1, -0.05) is 72.8 Å². The monoisotopic (exact) mass is 372 g/mol. The molecule has 0 amide bonds. The van der Waals surface area contributed by atoms with Crippen LogP contribution in [0.1, 0.15) is 20.9 Å². The van der Waals surface area contributed by atoms with Crippen LogP contribution in [0.3, 0.4) is 0 Å². The normalized spacial score (nSPS) is 12.3. The Morgan fingerprint density at radius 3 is 1.27 bits per heavy atom. The van der Waals surface area contributed by atoms with Crippen molar-refractivity contribution in [3.8, 4) is 0 Å². The van der Waals surface area contributed by atoms with E-state index in [9.17, 15) is 0 Å². The third-order valence-corrected chi connectivity index (χ3v) is 5.61. The standard InChI is InChI=1S/C22H16N2S2/c1-3-9-17(10-4-1)21(19-13-7-15-25-19)23-24-22(20-14-8-16-26-20)18-11-5-2-6-12-18/h1-16H/b23-21+,24-22+. The van der Waals surface area contributed by atoms with Gasteiger partial charge in [0.2, 0.25) is 0 Å². The summed E-state index contributed by atoms with van der Waals surface area (Å²) in [5.74, 6) is 0. The van der Waals surface area contributed by atoms with Gasteiger partial charge in [-0.3, -0.25) is 0 Å². The third-order valence-electron chi connectivity index (χ3n) is 3.85. The van der Waals surface area contributed by atoms with E-state index >= 15 is 0 Å². The summed E-state index contributed by atoms with van der Waals surface area (Å²) in [4.78, 5) is 2.22. The second-order valence-electron chi connectivity index (χ2n) is 5.58. The predicted molar refractivity (Wildman–Crippen MR) is 113 cm³/mol. The topological polar surface area (TPSA) is 24.7 Å². The minimum absolute atomic E-state index is 0.894. The van der Waals surface area contributed by atoms with E-state index in [1.165, 1.54) is 0 Å². The van der Waals surface area contributed by atoms with Crippen LogP contribution in [0.2, 0.25) is 0 Å². The van der Waals surface area contributed by atoms with Crippen molar-refractivity contribution in [3.05, 3.63) is 117 Å². The Morgan fingerprint density at radius 2 is 0.923 bits per heavy atom. The molecule has 0 bridgehead atoms. The fourth-order valence-corrected chi connectivity index (χ4v) is 4.08. The van der Waals surface area contributed by atoms with Crippen LogP contribution in [0.15, 0.2) is 106 Å². The molecule has 2 aromatic heterocycles. The first kappa shape index (κ1) is 16.6. The molecule has 0 aliphatic heterocycles. The molecular weight excluding hydrogens is 356 g/mol. The van der Waals surface area contributed by atoms with Gasteiger partial charge >= 0.3 is 0 Å². The number of nitrogens with zero attached hydrogens (tertiary/aromatic N) is 2. The van der Waals surface area contributed by atoms with E-state index in [4.69, 9.17) is 10.2 Å². The first-order chi connectivity index (χ1) is 12.9. The molecule has 0 aliphatic carbocycles. The Labute approximate surface area is 160 Å². The summed E-state index contributed by atoms with van der Waals surface area (Å²) in [7, 11) is 0. The molecular formula is C22H16N2S2. The van der Waals surface area contributed by atoms with Gasteiger partial charge in [-0.15, -0.1) is 32.9 Å². The van der Waals surface area contributed by atoms with E-state index in [0.29, 0.717) is 0 Å². The van der Waals surface area contributed by atoms with Gasteiger partial charge in [-0.25, -0.2) is 0 Å². The van der Waals surface area contributed by atoms with E-state index in [1.807, 2.05) is 48.5 Å². The Hall–Kier alpha value is -2.82. The zero-order chi connectivity index (χ0) is 17.6. The fraction of sp³-hybridized carbons (Fsp3) is 0. The van der Waals surface area contributed by atoms with Crippen LogP contribution in [0.5, 0.6) is 0 Å². The van der Waals surface area contributed by atoms with Gasteiger partial charge in [0.25, 0.3) is 0 Å².